The van der Waals surface area contributed by atoms with Gasteiger partial charge in [-0.2, -0.15) is 0 Å². The molecule has 0 radical (unpaired) electrons. The summed E-state index contributed by atoms with van der Waals surface area (Å²) in [5, 5.41) is 3.43. The van der Waals surface area contributed by atoms with Crippen LogP contribution in [0.4, 0.5) is 5.69 Å². The molecule has 0 saturated carbocycles. The van der Waals surface area contributed by atoms with Gasteiger partial charge >= 0.3 is 0 Å². The summed E-state index contributed by atoms with van der Waals surface area (Å²) in [6.07, 6.45) is 5.05. The number of anilines is 1. The van der Waals surface area contributed by atoms with E-state index in [9.17, 15) is 0 Å². The molecular formula is C19H30N2O2. The molecule has 0 spiro atoms. The van der Waals surface area contributed by atoms with Gasteiger partial charge in [-0.05, 0) is 69.3 Å². The molecule has 2 heterocycles. The Morgan fingerprint density at radius 1 is 1.39 bits per heavy atom. The monoisotopic (exact) mass is 318 g/mol. The van der Waals surface area contributed by atoms with Crippen LogP contribution in [0.3, 0.4) is 0 Å². The minimum atomic E-state index is 0.672. The van der Waals surface area contributed by atoms with Crippen molar-refractivity contribution in [3.05, 3.63) is 17.7 Å². The van der Waals surface area contributed by atoms with Crippen molar-refractivity contribution in [1.29, 1.82) is 0 Å². The molecule has 2 aliphatic heterocycles. The van der Waals surface area contributed by atoms with Gasteiger partial charge in [0.2, 0.25) is 0 Å². The van der Waals surface area contributed by atoms with Gasteiger partial charge in [-0.1, -0.05) is 6.92 Å². The van der Waals surface area contributed by atoms with Gasteiger partial charge in [-0.25, -0.2) is 0 Å². The van der Waals surface area contributed by atoms with Crippen LogP contribution in [0, 0.1) is 5.92 Å². The molecule has 0 aromatic heterocycles. The highest BCUT2D eigenvalue weighted by atomic mass is 16.5. The Morgan fingerprint density at radius 3 is 3.13 bits per heavy atom. The lowest BCUT2D eigenvalue weighted by molar-refractivity contribution is 0.182. The molecule has 1 fully saturated rings. The molecule has 1 atom stereocenters. The van der Waals surface area contributed by atoms with Gasteiger partial charge < -0.3 is 19.7 Å². The first-order chi connectivity index (χ1) is 11.3. The van der Waals surface area contributed by atoms with E-state index in [-0.39, 0.29) is 0 Å². The Morgan fingerprint density at radius 2 is 2.30 bits per heavy atom. The van der Waals surface area contributed by atoms with Crippen LogP contribution in [0.2, 0.25) is 0 Å². The Hall–Kier alpha value is -1.42. The smallest absolute Gasteiger partial charge is 0.184 e. The summed E-state index contributed by atoms with van der Waals surface area (Å²) in [6.45, 7) is 10.4. The van der Waals surface area contributed by atoms with E-state index in [0.717, 1.165) is 36.1 Å². The largest absolute Gasteiger partial charge is 0.490 e. The van der Waals surface area contributed by atoms with Crippen LogP contribution in [0.15, 0.2) is 12.1 Å². The topological polar surface area (TPSA) is 33.7 Å². The van der Waals surface area contributed by atoms with Gasteiger partial charge in [-0.15, -0.1) is 0 Å². The molecule has 0 bridgehead atoms. The molecule has 0 aliphatic carbocycles. The number of rotatable bonds is 6. The lowest BCUT2D eigenvalue weighted by atomic mass is 9.99. The third-order valence-electron chi connectivity index (χ3n) is 4.76. The first-order valence-electron chi connectivity index (χ1n) is 9.15. The summed E-state index contributed by atoms with van der Waals surface area (Å²) in [7, 11) is 0. The van der Waals surface area contributed by atoms with Crippen LogP contribution in [0.5, 0.6) is 11.5 Å². The zero-order valence-corrected chi connectivity index (χ0v) is 14.6. The standard InChI is InChI=1S/C19H30N2O2/c1-3-22-18-13-16(12-17-19(18)23-11-8-20-17)7-5-10-21-9-4-6-15(2)14-21/h12-13,15,20H,3-11,14H2,1-2H3. The average Bonchev–Trinajstić information content (AvgIpc) is 2.55. The average molecular weight is 318 g/mol. The van der Waals surface area contributed by atoms with E-state index in [1.807, 2.05) is 6.92 Å². The number of nitrogens with one attached hydrogen (secondary N) is 1. The predicted octanol–water partition coefficient (Wildman–Crippen LogP) is 3.55. The van der Waals surface area contributed by atoms with Crippen molar-refractivity contribution in [1.82, 2.24) is 4.90 Å². The molecule has 3 rings (SSSR count). The third-order valence-corrected chi connectivity index (χ3v) is 4.76. The minimum Gasteiger partial charge on any atom is -0.490 e. The summed E-state index contributed by atoms with van der Waals surface area (Å²) in [5.74, 6) is 2.63. The number of fused-ring (bicyclic) bond motifs is 1. The van der Waals surface area contributed by atoms with E-state index in [0.29, 0.717) is 13.2 Å². The second kappa shape index (κ2) is 7.91. The van der Waals surface area contributed by atoms with Crippen molar-refractivity contribution in [2.75, 3.05) is 44.7 Å². The molecule has 2 aliphatic rings. The first-order valence-corrected chi connectivity index (χ1v) is 9.15. The highest BCUT2D eigenvalue weighted by molar-refractivity contribution is 5.66. The second-order valence-electron chi connectivity index (χ2n) is 6.83. The number of hydrogen-bond donors (Lipinski definition) is 1. The maximum Gasteiger partial charge on any atom is 0.184 e. The lowest BCUT2D eigenvalue weighted by Gasteiger charge is -2.30. The van der Waals surface area contributed by atoms with Gasteiger partial charge in [0.1, 0.15) is 6.61 Å². The molecule has 1 unspecified atom stereocenters. The fraction of sp³-hybridized carbons (Fsp3) is 0.684. The SMILES string of the molecule is CCOc1cc(CCCN2CCCC(C)C2)cc2c1OCCN2. The van der Waals surface area contributed by atoms with E-state index < -0.39 is 0 Å². The normalized spacial score (nSPS) is 21.2. The van der Waals surface area contributed by atoms with E-state index in [1.165, 1.54) is 44.5 Å². The van der Waals surface area contributed by atoms with Crippen molar-refractivity contribution in [3.63, 3.8) is 0 Å². The van der Waals surface area contributed by atoms with Gasteiger partial charge in [0.05, 0.1) is 12.3 Å². The third kappa shape index (κ3) is 4.31. The van der Waals surface area contributed by atoms with Gasteiger partial charge in [0.25, 0.3) is 0 Å². The number of likely N-dealkylation sites (tertiary alicyclic amines) is 1. The molecule has 0 amide bonds. The summed E-state index contributed by atoms with van der Waals surface area (Å²) in [4.78, 5) is 2.62. The van der Waals surface area contributed by atoms with Crippen molar-refractivity contribution >= 4 is 5.69 Å². The number of piperidine rings is 1. The molecule has 4 nitrogen and oxygen atoms in total. The van der Waals surface area contributed by atoms with Crippen molar-refractivity contribution in [2.45, 2.75) is 39.5 Å². The molecule has 1 aromatic carbocycles. The van der Waals surface area contributed by atoms with Gasteiger partial charge in [-0.3, -0.25) is 0 Å². The molecule has 1 aromatic rings. The lowest BCUT2D eigenvalue weighted by Crippen LogP contribution is -2.35. The molecule has 1 N–H and O–H groups in total. The van der Waals surface area contributed by atoms with E-state index in [4.69, 9.17) is 9.47 Å². The quantitative estimate of drug-likeness (QED) is 0.869. The van der Waals surface area contributed by atoms with Crippen LogP contribution >= 0.6 is 0 Å². The Kier molecular flexibility index (Phi) is 5.65. The maximum absolute atomic E-state index is 5.78. The molecule has 128 valence electrons. The predicted molar refractivity (Wildman–Crippen MR) is 94.8 cm³/mol. The van der Waals surface area contributed by atoms with Crippen molar-refractivity contribution in [3.8, 4) is 11.5 Å². The highest BCUT2D eigenvalue weighted by Gasteiger charge is 2.18. The zero-order valence-electron chi connectivity index (χ0n) is 14.6. The molecule has 1 saturated heterocycles. The van der Waals surface area contributed by atoms with Gasteiger partial charge in [0.15, 0.2) is 11.5 Å². The van der Waals surface area contributed by atoms with Crippen LogP contribution in [0.1, 0.15) is 38.7 Å². The number of nitrogens with zero attached hydrogens (tertiary/aromatic N) is 1. The molecule has 23 heavy (non-hydrogen) atoms. The van der Waals surface area contributed by atoms with Crippen molar-refractivity contribution in [2.24, 2.45) is 5.92 Å². The summed E-state index contributed by atoms with van der Waals surface area (Å²) in [6, 6.07) is 4.39. The molecule has 4 heteroatoms. The van der Waals surface area contributed by atoms with Gasteiger partial charge in [0, 0.05) is 13.1 Å². The van der Waals surface area contributed by atoms with E-state index in [1.54, 1.807) is 0 Å². The maximum atomic E-state index is 5.78. The molecular weight excluding hydrogens is 288 g/mol. The van der Waals surface area contributed by atoms with Crippen molar-refractivity contribution < 1.29 is 9.47 Å². The Balaban J connectivity index is 1.60. The van der Waals surface area contributed by atoms with Crippen LogP contribution in [-0.4, -0.2) is 44.3 Å². The Bertz CT molecular complexity index is 518. The second-order valence-corrected chi connectivity index (χ2v) is 6.83. The summed E-state index contributed by atoms with van der Waals surface area (Å²) < 4.78 is 11.6. The fourth-order valence-electron chi connectivity index (χ4n) is 3.68. The zero-order chi connectivity index (χ0) is 16.1. The van der Waals surface area contributed by atoms with Crippen LogP contribution < -0.4 is 14.8 Å². The fourth-order valence-corrected chi connectivity index (χ4v) is 3.68. The summed E-state index contributed by atoms with van der Waals surface area (Å²) in [5.41, 5.74) is 2.43. The number of aryl methyl sites for hydroxylation is 1. The van der Waals surface area contributed by atoms with E-state index >= 15 is 0 Å². The number of hydrogen-bond acceptors (Lipinski definition) is 4. The number of benzene rings is 1. The Labute approximate surface area is 140 Å². The first kappa shape index (κ1) is 16.4. The van der Waals surface area contributed by atoms with E-state index in [2.05, 4.69) is 29.3 Å². The van der Waals surface area contributed by atoms with Crippen LogP contribution in [0.25, 0.3) is 0 Å². The number of ether oxygens (including phenoxy) is 2. The minimum absolute atomic E-state index is 0.672. The van der Waals surface area contributed by atoms with Crippen LogP contribution in [-0.2, 0) is 6.42 Å². The highest BCUT2D eigenvalue weighted by Crippen LogP contribution is 2.39. The summed E-state index contributed by atoms with van der Waals surface area (Å²) >= 11 is 0.